The zero-order chi connectivity index (χ0) is 11.0. The Morgan fingerprint density at radius 1 is 1.06 bits per heavy atom. The number of pyridine rings is 1. The Hall–Kier alpha value is -2.36. The number of fused-ring (bicyclic) bond motifs is 1. The first-order chi connectivity index (χ1) is 7.84. The van der Waals surface area contributed by atoms with Crippen molar-refractivity contribution in [3.05, 3.63) is 42.7 Å². The molecule has 0 unspecified atom stereocenters. The summed E-state index contributed by atoms with van der Waals surface area (Å²) in [6.07, 6.45) is 3.33. The van der Waals surface area contributed by atoms with Crippen LogP contribution >= 0.6 is 0 Å². The van der Waals surface area contributed by atoms with Gasteiger partial charge in [0.15, 0.2) is 5.76 Å². The molecule has 4 heteroatoms. The van der Waals surface area contributed by atoms with Crippen LogP contribution in [0.25, 0.3) is 22.2 Å². The minimum Gasteiger partial charge on any atom is -0.422 e. The Kier molecular flexibility index (Phi) is 1.86. The van der Waals surface area contributed by atoms with Gasteiger partial charge in [-0.05, 0) is 11.5 Å². The van der Waals surface area contributed by atoms with Crippen LogP contribution < -0.4 is 5.73 Å². The first kappa shape index (κ1) is 8.91. The molecule has 0 amide bonds. The van der Waals surface area contributed by atoms with Crippen molar-refractivity contribution in [2.45, 2.75) is 0 Å². The number of nitrogens with zero attached hydrogens (tertiary/aromatic N) is 2. The average Bonchev–Trinajstić information content (AvgIpc) is 2.75. The van der Waals surface area contributed by atoms with Crippen LogP contribution in [-0.2, 0) is 0 Å². The van der Waals surface area contributed by atoms with Crippen LogP contribution in [0.15, 0.2) is 47.1 Å². The van der Waals surface area contributed by atoms with E-state index in [2.05, 4.69) is 9.97 Å². The zero-order valence-electron chi connectivity index (χ0n) is 8.42. The Morgan fingerprint density at radius 3 is 2.75 bits per heavy atom. The summed E-state index contributed by atoms with van der Waals surface area (Å²) < 4.78 is 5.28. The molecule has 0 aliphatic rings. The van der Waals surface area contributed by atoms with E-state index >= 15 is 0 Å². The highest BCUT2D eigenvalue weighted by Crippen LogP contribution is 2.26. The first-order valence-corrected chi connectivity index (χ1v) is 4.90. The number of hydrogen-bond donors (Lipinski definition) is 1. The summed E-state index contributed by atoms with van der Waals surface area (Å²) in [6, 6.07) is 10.1. The lowest BCUT2D eigenvalue weighted by molar-refractivity contribution is 0.593. The van der Waals surface area contributed by atoms with Crippen LogP contribution in [0, 0.1) is 0 Å². The Labute approximate surface area is 91.7 Å². The summed E-state index contributed by atoms with van der Waals surface area (Å²) >= 11 is 0. The van der Waals surface area contributed by atoms with Gasteiger partial charge in [0.25, 0.3) is 6.01 Å². The second-order valence-corrected chi connectivity index (χ2v) is 3.44. The third kappa shape index (κ3) is 1.32. The van der Waals surface area contributed by atoms with Gasteiger partial charge in [-0.1, -0.05) is 24.3 Å². The van der Waals surface area contributed by atoms with Gasteiger partial charge >= 0.3 is 0 Å². The molecule has 78 valence electrons. The number of oxazole rings is 1. The van der Waals surface area contributed by atoms with E-state index in [4.69, 9.17) is 10.2 Å². The highest BCUT2D eigenvalue weighted by molar-refractivity contribution is 5.93. The largest absolute Gasteiger partial charge is 0.422 e. The molecule has 0 radical (unpaired) electrons. The van der Waals surface area contributed by atoms with Gasteiger partial charge in [0.05, 0.1) is 6.20 Å². The molecule has 0 atom stereocenters. The maximum absolute atomic E-state index is 5.45. The second kappa shape index (κ2) is 3.34. The van der Waals surface area contributed by atoms with Gasteiger partial charge in [0.1, 0.15) is 5.69 Å². The number of nitrogens with two attached hydrogens (primary N) is 1. The summed E-state index contributed by atoms with van der Waals surface area (Å²) in [5, 5.41) is 2.14. The predicted molar refractivity (Wildman–Crippen MR) is 61.7 cm³/mol. The molecule has 2 N–H and O–H groups in total. The lowest BCUT2D eigenvalue weighted by atomic mass is 10.1. The summed E-state index contributed by atoms with van der Waals surface area (Å²) in [4.78, 5) is 8.17. The fourth-order valence-electron chi connectivity index (χ4n) is 1.71. The van der Waals surface area contributed by atoms with E-state index in [1.54, 1.807) is 12.4 Å². The lowest BCUT2D eigenvalue weighted by Gasteiger charge is -2.01. The zero-order valence-corrected chi connectivity index (χ0v) is 8.42. The van der Waals surface area contributed by atoms with Crippen LogP contribution in [0.5, 0.6) is 0 Å². The molecule has 0 saturated carbocycles. The fourth-order valence-corrected chi connectivity index (χ4v) is 1.71. The molecule has 3 aromatic rings. The third-order valence-corrected chi connectivity index (χ3v) is 2.43. The quantitative estimate of drug-likeness (QED) is 0.671. The van der Waals surface area contributed by atoms with Gasteiger partial charge in [0.2, 0.25) is 0 Å². The highest BCUT2D eigenvalue weighted by atomic mass is 16.4. The topological polar surface area (TPSA) is 64.9 Å². The second-order valence-electron chi connectivity index (χ2n) is 3.44. The van der Waals surface area contributed by atoms with Gasteiger partial charge < -0.3 is 10.2 Å². The van der Waals surface area contributed by atoms with Crippen molar-refractivity contribution >= 4 is 16.8 Å². The van der Waals surface area contributed by atoms with Crippen molar-refractivity contribution in [1.29, 1.82) is 0 Å². The Bertz CT molecular complexity index is 640. The van der Waals surface area contributed by atoms with Gasteiger partial charge in [-0.25, -0.2) is 4.98 Å². The van der Waals surface area contributed by atoms with Gasteiger partial charge in [-0.15, -0.1) is 0 Å². The standard InChI is InChI=1S/C12H9N3O/c13-12-15-7-10(16-12)11-9-4-2-1-3-8(9)5-6-14-11/h1-7H,(H2,13,15). The molecule has 1 aromatic carbocycles. The summed E-state index contributed by atoms with van der Waals surface area (Å²) in [5.74, 6) is 0.592. The van der Waals surface area contributed by atoms with Crippen LogP contribution in [0.3, 0.4) is 0 Å². The summed E-state index contributed by atoms with van der Waals surface area (Å²) in [6.45, 7) is 0. The molecular weight excluding hydrogens is 202 g/mol. The van der Waals surface area contributed by atoms with E-state index in [9.17, 15) is 0 Å². The van der Waals surface area contributed by atoms with Gasteiger partial charge in [-0.2, -0.15) is 0 Å². The number of nitrogen functional groups attached to an aromatic ring is 1. The third-order valence-electron chi connectivity index (χ3n) is 2.43. The van der Waals surface area contributed by atoms with E-state index in [-0.39, 0.29) is 6.01 Å². The number of anilines is 1. The van der Waals surface area contributed by atoms with E-state index in [0.29, 0.717) is 5.76 Å². The van der Waals surface area contributed by atoms with Gasteiger partial charge in [0, 0.05) is 11.6 Å². The van der Waals surface area contributed by atoms with Crippen molar-refractivity contribution in [1.82, 2.24) is 9.97 Å². The van der Waals surface area contributed by atoms with Crippen LogP contribution in [-0.4, -0.2) is 9.97 Å². The fraction of sp³-hybridized carbons (Fsp3) is 0. The molecule has 0 saturated heterocycles. The van der Waals surface area contributed by atoms with Crippen LogP contribution in [0.1, 0.15) is 0 Å². The maximum atomic E-state index is 5.45. The molecule has 4 nitrogen and oxygen atoms in total. The highest BCUT2D eigenvalue weighted by Gasteiger charge is 2.09. The first-order valence-electron chi connectivity index (χ1n) is 4.90. The number of benzene rings is 1. The monoisotopic (exact) mass is 211 g/mol. The van der Waals surface area contributed by atoms with Gasteiger partial charge in [-0.3, -0.25) is 4.98 Å². The molecule has 2 heterocycles. The van der Waals surface area contributed by atoms with E-state index in [1.165, 1.54) is 0 Å². The van der Waals surface area contributed by atoms with Crippen molar-refractivity contribution in [3.63, 3.8) is 0 Å². The molecule has 0 bridgehead atoms. The Balaban J connectivity index is 2.31. The van der Waals surface area contributed by atoms with Crippen LogP contribution in [0.2, 0.25) is 0 Å². The molecule has 16 heavy (non-hydrogen) atoms. The SMILES string of the molecule is Nc1ncc(-c2nccc3ccccc23)o1. The number of aromatic nitrogens is 2. The Morgan fingerprint density at radius 2 is 1.94 bits per heavy atom. The molecule has 3 rings (SSSR count). The average molecular weight is 211 g/mol. The molecule has 0 spiro atoms. The summed E-state index contributed by atoms with van der Waals surface area (Å²) in [5.41, 5.74) is 6.22. The normalized spacial score (nSPS) is 10.8. The van der Waals surface area contributed by atoms with Crippen molar-refractivity contribution in [2.75, 3.05) is 5.73 Å². The minimum absolute atomic E-state index is 0.157. The van der Waals surface area contributed by atoms with E-state index in [1.807, 2.05) is 30.3 Å². The number of rotatable bonds is 1. The lowest BCUT2D eigenvalue weighted by Crippen LogP contribution is -1.83. The molecule has 0 aliphatic heterocycles. The molecule has 0 fully saturated rings. The maximum Gasteiger partial charge on any atom is 0.292 e. The number of hydrogen-bond acceptors (Lipinski definition) is 4. The van der Waals surface area contributed by atoms with Crippen LogP contribution in [0.4, 0.5) is 6.01 Å². The minimum atomic E-state index is 0.157. The summed E-state index contributed by atoms with van der Waals surface area (Å²) in [7, 11) is 0. The molecular formula is C12H9N3O. The molecule has 0 aliphatic carbocycles. The van der Waals surface area contributed by atoms with Crippen molar-refractivity contribution in [2.24, 2.45) is 0 Å². The predicted octanol–water partition coefficient (Wildman–Crippen LogP) is 2.47. The van der Waals surface area contributed by atoms with Crippen molar-refractivity contribution in [3.8, 4) is 11.5 Å². The van der Waals surface area contributed by atoms with E-state index < -0.39 is 0 Å². The smallest absolute Gasteiger partial charge is 0.292 e. The van der Waals surface area contributed by atoms with E-state index in [0.717, 1.165) is 16.5 Å². The van der Waals surface area contributed by atoms with Crippen molar-refractivity contribution < 1.29 is 4.42 Å². The molecule has 2 aromatic heterocycles.